The molecule has 0 spiro atoms. The van der Waals surface area contributed by atoms with E-state index in [9.17, 15) is 0 Å². The average molecular weight is 255 g/mol. The number of nitrogens with one attached hydrogen (secondary N) is 1. The highest BCUT2D eigenvalue weighted by Gasteiger charge is 2.25. The molecule has 3 unspecified atom stereocenters. The Morgan fingerprint density at radius 3 is 2.81 bits per heavy atom. The van der Waals surface area contributed by atoms with Gasteiger partial charge in [0.15, 0.2) is 0 Å². The summed E-state index contributed by atoms with van der Waals surface area (Å²) in [5, 5.41) is 4.65. The summed E-state index contributed by atoms with van der Waals surface area (Å²) in [6, 6.07) is 5.73. The van der Waals surface area contributed by atoms with E-state index in [1.807, 2.05) is 23.1 Å². The maximum atomic E-state index is 3.77. The van der Waals surface area contributed by atoms with Crippen LogP contribution in [0.5, 0.6) is 0 Å². The predicted octanol–water partition coefficient (Wildman–Crippen LogP) is 3.99. The van der Waals surface area contributed by atoms with Crippen LogP contribution in [0.2, 0.25) is 0 Å². The van der Waals surface area contributed by atoms with E-state index in [4.69, 9.17) is 0 Å². The lowest BCUT2D eigenvalue weighted by atomic mass is 10.2. The Morgan fingerprint density at radius 1 is 1.44 bits per heavy atom. The third-order valence-electron chi connectivity index (χ3n) is 3.39. The molecule has 1 aromatic rings. The topological polar surface area (TPSA) is 12.0 Å². The van der Waals surface area contributed by atoms with Gasteiger partial charge in [0.2, 0.25) is 0 Å². The molecule has 1 fully saturated rings. The van der Waals surface area contributed by atoms with Gasteiger partial charge in [-0.2, -0.15) is 11.8 Å². The van der Waals surface area contributed by atoms with E-state index < -0.39 is 0 Å². The van der Waals surface area contributed by atoms with Crippen molar-refractivity contribution in [1.29, 1.82) is 0 Å². The molecule has 0 aliphatic heterocycles. The van der Waals surface area contributed by atoms with Gasteiger partial charge in [-0.05, 0) is 51.5 Å². The standard InChI is InChI=1S/C13H21NS2/c1-9-4-7-13(16-9)10(2)14-11-5-6-12(8-11)15-3/h4,7,10-12,14H,5-6,8H2,1-3H3. The zero-order valence-corrected chi connectivity index (χ0v) is 12.0. The van der Waals surface area contributed by atoms with Gasteiger partial charge in [0.25, 0.3) is 0 Å². The van der Waals surface area contributed by atoms with Gasteiger partial charge < -0.3 is 5.32 Å². The molecule has 1 aromatic heterocycles. The lowest BCUT2D eigenvalue weighted by Gasteiger charge is -2.18. The van der Waals surface area contributed by atoms with Crippen molar-refractivity contribution in [1.82, 2.24) is 5.32 Å². The Hall–Kier alpha value is 0.01000. The molecule has 16 heavy (non-hydrogen) atoms. The fourth-order valence-corrected chi connectivity index (χ4v) is 4.11. The van der Waals surface area contributed by atoms with Gasteiger partial charge in [0.1, 0.15) is 0 Å². The highest BCUT2D eigenvalue weighted by molar-refractivity contribution is 7.99. The SMILES string of the molecule is CSC1CCC(NC(C)c2ccc(C)s2)C1. The Kier molecular flexibility index (Phi) is 4.34. The third kappa shape index (κ3) is 3.02. The van der Waals surface area contributed by atoms with Gasteiger partial charge in [0, 0.05) is 27.1 Å². The molecule has 2 rings (SSSR count). The quantitative estimate of drug-likeness (QED) is 0.873. The summed E-state index contributed by atoms with van der Waals surface area (Å²) >= 11 is 3.94. The molecule has 0 bridgehead atoms. The summed E-state index contributed by atoms with van der Waals surface area (Å²) in [5.41, 5.74) is 0. The monoisotopic (exact) mass is 255 g/mol. The van der Waals surface area contributed by atoms with Crippen LogP contribution in [0.1, 0.15) is 42.0 Å². The van der Waals surface area contributed by atoms with Crippen LogP contribution in [0.25, 0.3) is 0 Å². The largest absolute Gasteiger partial charge is 0.307 e. The smallest absolute Gasteiger partial charge is 0.0388 e. The maximum absolute atomic E-state index is 3.77. The first-order valence-corrected chi connectivity index (χ1v) is 8.14. The van der Waals surface area contributed by atoms with E-state index in [2.05, 4.69) is 37.6 Å². The highest BCUT2D eigenvalue weighted by atomic mass is 32.2. The Bertz CT molecular complexity index is 334. The van der Waals surface area contributed by atoms with E-state index in [-0.39, 0.29) is 0 Å². The van der Waals surface area contributed by atoms with Gasteiger partial charge in [-0.3, -0.25) is 0 Å². The molecule has 1 aliphatic carbocycles. The van der Waals surface area contributed by atoms with Crippen LogP contribution in [0, 0.1) is 6.92 Å². The second-order valence-electron chi connectivity index (χ2n) is 4.70. The van der Waals surface area contributed by atoms with Gasteiger partial charge in [0.05, 0.1) is 0 Å². The second-order valence-corrected chi connectivity index (χ2v) is 7.16. The molecular formula is C13H21NS2. The number of rotatable bonds is 4. The lowest BCUT2D eigenvalue weighted by Crippen LogP contribution is -2.29. The second kappa shape index (κ2) is 5.56. The van der Waals surface area contributed by atoms with Crippen molar-refractivity contribution < 1.29 is 0 Å². The minimum absolute atomic E-state index is 0.518. The van der Waals surface area contributed by atoms with E-state index in [0.29, 0.717) is 6.04 Å². The molecule has 1 saturated carbocycles. The van der Waals surface area contributed by atoms with Gasteiger partial charge in [-0.1, -0.05) is 0 Å². The van der Waals surface area contributed by atoms with Crippen molar-refractivity contribution in [2.24, 2.45) is 0 Å². The van der Waals surface area contributed by atoms with Gasteiger partial charge >= 0.3 is 0 Å². The average Bonchev–Trinajstić information content (AvgIpc) is 2.87. The van der Waals surface area contributed by atoms with Crippen LogP contribution >= 0.6 is 23.1 Å². The normalized spacial score (nSPS) is 27.2. The molecular weight excluding hydrogens is 234 g/mol. The molecule has 1 heterocycles. The molecule has 90 valence electrons. The van der Waals surface area contributed by atoms with Crippen molar-refractivity contribution in [3.8, 4) is 0 Å². The molecule has 3 heteroatoms. The Balaban J connectivity index is 1.86. The van der Waals surface area contributed by atoms with Crippen LogP contribution in [-0.4, -0.2) is 17.5 Å². The fourth-order valence-electron chi connectivity index (χ4n) is 2.43. The van der Waals surface area contributed by atoms with E-state index in [0.717, 1.165) is 11.3 Å². The molecule has 0 amide bonds. The van der Waals surface area contributed by atoms with E-state index >= 15 is 0 Å². The van der Waals surface area contributed by atoms with Crippen molar-refractivity contribution in [2.45, 2.75) is 50.4 Å². The molecule has 1 aliphatic rings. The summed E-state index contributed by atoms with van der Waals surface area (Å²) in [4.78, 5) is 2.89. The van der Waals surface area contributed by atoms with E-state index in [1.165, 1.54) is 29.0 Å². The van der Waals surface area contributed by atoms with Crippen LogP contribution in [0.4, 0.5) is 0 Å². The summed E-state index contributed by atoms with van der Waals surface area (Å²) in [5.74, 6) is 0. The Morgan fingerprint density at radius 2 is 2.25 bits per heavy atom. The maximum Gasteiger partial charge on any atom is 0.0388 e. The minimum atomic E-state index is 0.518. The third-order valence-corrected chi connectivity index (χ3v) is 5.67. The zero-order valence-electron chi connectivity index (χ0n) is 10.3. The minimum Gasteiger partial charge on any atom is -0.307 e. The van der Waals surface area contributed by atoms with Crippen LogP contribution < -0.4 is 5.32 Å². The summed E-state index contributed by atoms with van der Waals surface area (Å²) in [7, 11) is 0. The van der Waals surface area contributed by atoms with Crippen molar-refractivity contribution in [3.63, 3.8) is 0 Å². The first-order chi connectivity index (χ1) is 7.69. The number of thiophene rings is 1. The summed E-state index contributed by atoms with van der Waals surface area (Å²) in [6.45, 7) is 4.47. The molecule has 1 N–H and O–H groups in total. The Labute approximate surface area is 107 Å². The van der Waals surface area contributed by atoms with Crippen molar-refractivity contribution >= 4 is 23.1 Å². The van der Waals surface area contributed by atoms with Crippen molar-refractivity contribution in [3.05, 3.63) is 21.9 Å². The van der Waals surface area contributed by atoms with Gasteiger partial charge in [-0.15, -0.1) is 11.3 Å². The summed E-state index contributed by atoms with van der Waals surface area (Å²) in [6.07, 6.45) is 6.31. The zero-order chi connectivity index (χ0) is 11.5. The molecule has 1 nitrogen and oxygen atoms in total. The van der Waals surface area contributed by atoms with Crippen LogP contribution in [0.3, 0.4) is 0 Å². The van der Waals surface area contributed by atoms with Gasteiger partial charge in [-0.25, -0.2) is 0 Å². The number of hydrogen-bond acceptors (Lipinski definition) is 3. The van der Waals surface area contributed by atoms with Crippen LogP contribution in [0.15, 0.2) is 12.1 Å². The van der Waals surface area contributed by atoms with Crippen molar-refractivity contribution in [2.75, 3.05) is 6.26 Å². The number of hydrogen-bond donors (Lipinski definition) is 1. The lowest BCUT2D eigenvalue weighted by molar-refractivity contribution is 0.466. The summed E-state index contributed by atoms with van der Waals surface area (Å²) < 4.78 is 0. The van der Waals surface area contributed by atoms with E-state index in [1.54, 1.807) is 0 Å². The first-order valence-electron chi connectivity index (χ1n) is 6.04. The predicted molar refractivity (Wildman–Crippen MR) is 75.5 cm³/mol. The highest BCUT2D eigenvalue weighted by Crippen LogP contribution is 2.30. The molecule has 0 aromatic carbocycles. The fraction of sp³-hybridized carbons (Fsp3) is 0.692. The first kappa shape index (κ1) is 12.5. The number of aryl methyl sites for hydroxylation is 1. The van der Waals surface area contributed by atoms with Crippen LogP contribution in [-0.2, 0) is 0 Å². The molecule has 0 saturated heterocycles. The molecule has 3 atom stereocenters. The molecule has 0 radical (unpaired) electrons. The number of thioether (sulfide) groups is 1.